The Morgan fingerprint density at radius 1 is 1.13 bits per heavy atom. The number of rotatable bonds is 4. The third kappa shape index (κ3) is 2.36. The molecule has 1 heterocycles. The molecular formula is C13H26N2. The molecule has 15 heavy (non-hydrogen) atoms. The normalized spacial score (nSPS) is 27.2. The van der Waals surface area contributed by atoms with Crippen LogP contribution in [0.25, 0.3) is 0 Å². The quantitative estimate of drug-likeness (QED) is 0.770. The Bertz CT molecular complexity index is 191. The molecule has 1 aliphatic carbocycles. The highest BCUT2D eigenvalue weighted by atomic mass is 15.2. The average molecular weight is 210 g/mol. The van der Waals surface area contributed by atoms with Crippen LogP contribution in [0.1, 0.15) is 39.5 Å². The fourth-order valence-electron chi connectivity index (χ4n) is 3.22. The summed E-state index contributed by atoms with van der Waals surface area (Å²) in [6, 6.07) is 0.697. The lowest BCUT2D eigenvalue weighted by molar-refractivity contribution is 0.00862. The van der Waals surface area contributed by atoms with Gasteiger partial charge in [0, 0.05) is 25.7 Å². The molecule has 0 aromatic carbocycles. The van der Waals surface area contributed by atoms with Gasteiger partial charge in [-0.05, 0) is 30.6 Å². The summed E-state index contributed by atoms with van der Waals surface area (Å²) in [4.78, 5) is 2.64. The molecule has 2 nitrogen and oxygen atoms in total. The first-order valence-corrected chi connectivity index (χ1v) is 6.66. The topological polar surface area (TPSA) is 29.3 Å². The summed E-state index contributed by atoms with van der Waals surface area (Å²) in [6.45, 7) is 8.16. The van der Waals surface area contributed by atoms with Crippen LogP contribution in [-0.4, -0.2) is 30.6 Å². The molecule has 1 unspecified atom stereocenters. The predicted molar refractivity (Wildman–Crippen MR) is 64.7 cm³/mol. The lowest BCUT2D eigenvalue weighted by Gasteiger charge is -2.48. The average Bonchev–Trinajstić information content (AvgIpc) is 2.61. The van der Waals surface area contributed by atoms with Crippen molar-refractivity contribution in [1.29, 1.82) is 0 Å². The van der Waals surface area contributed by atoms with Gasteiger partial charge in [-0.15, -0.1) is 0 Å². The second-order valence-electron chi connectivity index (χ2n) is 5.81. The fraction of sp³-hybridized carbons (Fsp3) is 1.00. The standard InChI is InChI=1S/C13H26N2/c1-10(2)12-8-15(9-12)13(7-14)11-5-3-4-6-11/h10-13H,3-9,14H2,1-2H3. The molecule has 1 aliphatic heterocycles. The molecule has 2 aliphatic rings. The maximum Gasteiger partial charge on any atom is 0.0246 e. The molecule has 2 heteroatoms. The zero-order chi connectivity index (χ0) is 10.8. The van der Waals surface area contributed by atoms with E-state index in [0.717, 1.165) is 24.3 Å². The van der Waals surface area contributed by atoms with E-state index in [9.17, 15) is 0 Å². The van der Waals surface area contributed by atoms with Crippen molar-refractivity contribution in [3.05, 3.63) is 0 Å². The Kier molecular flexibility index (Phi) is 3.68. The second-order valence-corrected chi connectivity index (χ2v) is 5.81. The molecule has 0 aromatic rings. The summed E-state index contributed by atoms with van der Waals surface area (Å²) < 4.78 is 0. The van der Waals surface area contributed by atoms with Crippen molar-refractivity contribution in [2.45, 2.75) is 45.6 Å². The molecule has 0 radical (unpaired) electrons. The van der Waals surface area contributed by atoms with E-state index in [4.69, 9.17) is 5.73 Å². The maximum absolute atomic E-state index is 5.94. The first-order chi connectivity index (χ1) is 7.22. The molecule has 2 N–H and O–H groups in total. The number of likely N-dealkylation sites (tertiary alicyclic amines) is 1. The Hall–Kier alpha value is -0.0800. The number of nitrogens with two attached hydrogens (primary N) is 1. The van der Waals surface area contributed by atoms with Gasteiger partial charge in [0.2, 0.25) is 0 Å². The first kappa shape index (κ1) is 11.4. The van der Waals surface area contributed by atoms with Crippen LogP contribution >= 0.6 is 0 Å². The third-order valence-corrected chi connectivity index (χ3v) is 4.54. The van der Waals surface area contributed by atoms with Crippen LogP contribution in [-0.2, 0) is 0 Å². The van der Waals surface area contributed by atoms with E-state index in [1.165, 1.54) is 38.8 Å². The van der Waals surface area contributed by atoms with Crippen molar-refractivity contribution in [2.75, 3.05) is 19.6 Å². The van der Waals surface area contributed by atoms with Gasteiger partial charge in [-0.1, -0.05) is 26.7 Å². The van der Waals surface area contributed by atoms with Crippen LogP contribution in [0.2, 0.25) is 0 Å². The van der Waals surface area contributed by atoms with Crippen molar-refractivity contribution in [3.8, 4) is 0 Å². The van der Waals surface area contributed by atoms with Crippen molar-refractivity contribution >= 4 is 0 Å². The smallest absolute Gasteiger partial charge is 0.0246 e. The highest BCUT2D eigenvalue weighted by molar-refractivity contribution is 4.91. The van der Waals surface area contributed by atoms with E-state index in [1.54, 1.807) is 0 Å². The van der Waals surface area contributed by atoms with E-state index in [1.807, 2.05) is 0 Å². The van der Waals surface area contributed by atoms with Crippen molar-refractivity contribution in [2.24, 2.45) is 23.5 Å². The molecule has 0 amide bonds. The van der Waals surface area contributed by atoms with Crippen molar-refractivity contribution in [3.63, 3.8) is 0 Å². The van der Waals surface area contributed by atoms with E-state index in [2.05, 4.69) is 18.7 Å². The van der Waals surface area contributed by atoms with Crippen LogP contribution in [0.15, 0.2) is 0 Å². The minimum atomic E-state index is 0.697. The van der Waals surface area contributed by atoms with E-state index >= 15 is 0 Å². The van der Waals surface area contributed by atoms with Gasteiger partial charge < -0.3 is 5.73 Å². The number of nitrogens with zero attached hydrogens (tertiary/aromatic N) is 1. The molecular weight excluding hydrogens is 184 g/mol. The van der Waals surface area contributed by atoms with Crippen LogP contribution in [0.3, 0.4) is 0 Å². The minimum absolute atomic E-state index is 0.697. The highest BCUT2D eigenvalue weighted by Gasteiger charge is 2.37. The molecule has 0 bridgehead atoms. The Morgan fingerprint density at radius 3 is 2.20 bits per heavy atom. The van der Waals surface area contributed by atoms with Crippen LogP contribution < -0.4 is 5.73 Å². The van der Waals surface area contributed by atoms with Crippen LogP contribution in [0, 0.1) is 17.8 Å². The Labute approximate surface area is 94.2 Å². The van der Waals surface area contributed by atoms with Gasteiger partial charge in [0.25, 0.3) is 0 Å². The summed E-state index contributed by atoms with van der Waals surface area (Å²) in [6.07, 6.45) is 5.71. The van der Waals surface area contributed by atoms with E-state index < -0.39 is 0 Å². The predicted octanol–water partition coefficient (Wildman–Crippen LogP) is 2.09. The second kappa shape index (κ2) is 4.84. The van der Waals surface area contributed by atoms with Gasteiger partial charge in [0.05, 0.1) is 0 Å². The minimum Gasteiger partial charge on any atom is -0.329 e. The van der Waals surface area contributed by atoms with E-state index in [0.29, 0.717) is 6.04 Å². The summed E-state index contributed by atoms with van der Waals surface area (Å²) in [5.41, 5.74) is 5.94. The van der Waals surface area contributed by atoms with Gasteiger partial charge in [-0.2, -0.15) is 0 Å². The molecule has 0 aromatic heterocycles. The molecule has 1 saturated carbocycles. The van der Waals surface area contributed by atoms with Crippen LogP contribution in [0.5, 0.6) is 0 Å². The Morgan fingerprint density at radius 2 is 1.73 bits per heavy atom. The molecule has 88 valence electrons. The van der Waals surface area contributed by atoms with E-state index in [-0.39, 0.29) is 0 Å². The lowest BCUT2D eigenvalue weighted by atomic mass is 9.84. The molecule has 1 atom stereocenters. The molecule has 2 fully saturated rings. The lowest BCUT2D eigenvalue weighted by Crippen LogP contribution is -2.57. The van der Waals surface area contributed by atoms with Gasteiger partial charge in [-0.3, -0.25) is 4.90 Å². The summed E-state index contributed by atoms with van der Waals surface area (Å²) >= 11 is 0. The van der Waals surface area contributed by atoms with Gasteiger partial charge in [0.1, 0.15) is 0 Å². The van der Waals surface area contributed by atoms with Crippen LogP contribution in [0.4, 0.5) is 0 Å². The molecule has 0 spiro atoms. The Balaban J connectivity index is 1.81. The van der Waals surface area contributed by atoms with Gasteiger partial charge in [0.15, 0.2) is 0 Å². The van der Waals surface area contributed by atoms with Crippen molar-refractivity contribution < 1.29 is 0 Å². The number of hydrogen-bond acceptors (Lipinski definition) is 2. The summed E-state index contributed by atoms with van der Waals surface area (Å²) in [5, 5.41) is 0. The highest BCUT2D eigenvalue weighted by Crippen LogP contribution is 2.34. The summed E-state index contributed by atoms with van der Waals surface area (Å²) in [5.74, 6) is 2.69. The zero-order valence-electron chi connectivity index (χ0n) is 10.3. The third-order valence-electron chi connectivity index (χ3n) is 4.54. The molecule has 1 saturated heterocycles. The van der Waals surface area contributed by atoms with Gasteiger partial charge >= 0.3 is 0 Å². The zero-order valence-corrected chi connectivity index (χ0v) is 10.3. The van der Waals surface area contributed by atoms with Crippen molar-refractivity contribution in [1.82, 2.24) is 4.90 Å². The van der Waals surface area contributed by atoms with Gasteiger partial charge in [-0.25, -0.2) is 0 Å². The monoisotopic (exact) mass is 210 g/mol. The molecule has 2 rings (SSSR count). The summed E-state index contributed by atoms with van der Waals surface area (Å²) in [7, 11) is 0. The largest absolute Gasteiger partial charge is 0.329 e. The first-order valence-electron chi connectivity index (χ1n) is 6.66. The SMILES string of the molecule is CC(C)C1CN(C(CN)C2CCCC2)C1. The maximum atomic E-state index is 5.94. The number of hydrogen-bond donors (Lipinski definition) is 1. The fourth-order valence-corrected chi connectivity index (χ4v) is 3.22.